The summed E-state index contributed by atoms with van der Waals surface area (Å²) in [7, 11) is 0. The van der Waals surface area contributed by atoms with Crippen molar-refractivity contribution < 1.29 is 4.42 Å². The predicted octanol–water partition coefficient (Wildman–Crippen LogP) is 16.7. The van der Waals surface area contributed by atoms with Crippen LogP contribution in [0.15, 0.2) is 217 Å². The molecule has 0 fully saturated rings. The molecule has 0 spiro atoms. The molecular weight excluding hydrogens is 739 g/mol. The smallest absolute Gasteiger partial charge is 0.136 e. The van der Waals surface area contributed by atoms with Crippen LogP contribution in [0.4, 0.5) is 17.1 Å². The molecule has 2 heteroatoms. The van der Waals surface area contributed by atoms with Crippen LogP contribution in [0.25, 0.3) is 88.0 Å². The van der Waals surface area contributed by atoms with E-state index in [1.54, 1.807) is 0 Å². The maximum Gasteiger partial charge on any atom is 0.136 e. The van der Waals surface area contributed by atoms with Crippen molar-refractivity contribution in [3.63, 3.8) is 0 Å². The van der Waals surface area contributed by atoms with Crippen LogP contribution in [0.3, 0.4) is 0 Å². The monoisotopic (exact) mass is 779 g/mol. The zero-order valence-corrected chi connectivity index (χ0v) is 34.1. The lowest BCUT2D eigenvalue weighted by molar-refractivity contribution is 0.660. The van der Waals surface area contributed by atoms with E-state index in [9.17, 15) is 0 Å². The van der Waals surface area contributed by atoms with Gasteiger partial charge in [0.25, 0.3) is 0 Å². The highest BCUT2D eigenvalue weighted by Gasteiger charge is 2.36. The molecule has 61 heavy (non-hydrogen) atoms. The van der Waals surface area contributed by atoms with Crippen molar-refractivity contribution >= 4 is 60.5 Å². The normalized spacial score (nSPS) is 12.9. The van der Waals surface area contributed by atoms with Crippen LogP contribution >= 0.6 is 0 Å². The Balaban J connectivity index is 0.895. The third kappa shape index (κ3) is 5.79. The van der Waals surface area contributed by atoms with Gasteiger partial charge < -0.3 is 9.32 Å². The Hall–Kier alpha value is -7.68. The summed E-state index contributed by atoms with van der Waals surface area (Å²) in [5, 5.41) is 7.22. The van der Waals surface area contributed by atoms with Gasteiger partial charge in [-0.2, -0.15) is 0 Å². The summed E-state index contributed by atoms with van der Waals surface area (Å²) >= 11 is 0. The number of nitrogens with zero attached hydrogens (tertiary/aromatic N) is 1. The van der Waals surface area contributed by atoms with Crippen molar-refractivity contribution in [2.24, 2.45) is 0 Å². The lowest BCUT2D eigenvalue weighted by atomic mass is 9.81. The lowest BCUT2D eigenvalue weighted by Gasteiger charge is -2.28. The van der Waals surface area contributed by atoms with E-state index in [1.165, 1.54) is 82.6 Å². The molecule has 0 amide bonds. The van der Waals surface area contributed by atoms with E-state index >= 15 is 0 Å². The van der Waals surface area contributed by atoms with Gasteiger partial charge in [0.1, 0.15) is 11.2 Å². The largest absolute Gasteiger partial charge is 0.456 e. The summed E-state index contributed by atoms with van der Waals surface area (Å²) in [6, 6.07) is 77.5. The zero-order chi connectivity index (χ0) is 40.7. The Labute approximate surface area is 355 Å². The van der Waals surface area contributed by atoms with Gasteiger partial charge in [0.05, 0.1) is 0 Å². The first-order valence-electron chi connectivity index (χ1n) is 21.2. The van der Waals surface area contributed by atoms with E-state index in [-0.39, 0.29) is 5.41 Å². The van der Waals surface area contributed by atoms with Crippen LogP contribution in [-0.4, -0.2) is 0 Å². The summed E-state index contributed by atoms with van der Waals surface area (Å²) in [5.74, 6) is 0. The van der Waals surface area contributed by atoms with Gasteiger partial charge in [0, 0.05) is 33.2 Å². The highest BCUT2D eigenvalue weighted by Crippen LogP contribution is 2.52. The molecule has 0 N–H and O–H groups in total. The van der Waals surface area contributed by atoms with Gasteiger partial charge in [-0.1, -0.05) is 166 Å². The summed E-state index contributed by atoms with van der Waals surface area (Å²) in [6.45, 7) is 4.74. The van der Waals surface area contributed by atoms with E-state index in [0.717, 1.165) is 33.6 Å². The van der Waals surface area contributed by atoms with Gasteiger partial charge in [-0.25, -0.2) is 0 Å². The molecule has 10 aromatic carbocycles. The highest BCUT2D eigenvalue weighted by molar-refractivity contribution is 6.19. The molecule has 12 rings (SSSR count). The molecule has 0 bridgehead atoms. The predicted molar refractivity (Wildman–Crippen MR) is 257 cm³/mol. The molecule has 11 aromatic rings. The van der Waals surface area contributed by atoms with E-state index in [0.29, 0.717) is 0 Å². The molecule has 288 valence electrons. The maximum atomic E-state index is 6.29. The topological polar surface area (TPSA) is 16.4 Å². The van der Waals surface area contributed by atoms with Crippen molar-refractivity contribution in [1.82, 2.24) is 0 Å². The van der Waals surface area contributed by atoms with E-state index in [2.05, 4.69) is 231 Å². The number of hydrogen-bond acceptors (Lipinski definition) is 2. The van der Waals surface area contributed by atoms with Gasteiger partial charge in [-0.05, 0) is 138 Å². The molecule has 0 saturated heterocycles. The molecular formula is C59H41NO. The van der Waals surface area contributed by atoms with Gasteiger partial charge in [-0.3, -0.25) is 0 Å². The third-order valence-electron chi connectivity index (χ3n) is 13.1. The van der Waals surface area contributed by atoms with Crippen molar-refractivity contribution in [3.8, 4) is 44.5 Å². The molecule has 0 unspecified atom stereocenters. The van der Waals surface area contributed by atoms with Crippen LogP contribution in [0.1, 0.15) is 25.0 Å². The minimum Gasteiger partial charge on any atom is -0.456 e. The lowest BCUT2D eigenvalue weighted by Crippen LogP contribution is -2.16. The fourth-order valence-electron chi connectivity index (χ4n) is 9.82. The zero-order valence-electron chi connectivity index (χ0n) is 34.1. The number of fused-ring (bicyclic) bond motifs is 9. The molecule has 1 heterocycles. The van der Waals surface area contributed by atoms with Gasteiger partial charge in [0.15, 0.2) is 0 Å². The molecule has 1 aliphatic carbocycles. The number of anilines is 3. The molecule has 1 aromatic heterocycles. The van der Waals surface area contributed by atoms with Gasteiger partial charge in [0.2, 0.25) is 0 Å². The summed E-state index contributed by atoms with van der Waals surface area (Å²) in [6.07, 6.45) is 0. The van der Waals surface area contributed by atoms with Crippen LogP contribution in [0, 0.1) is 0 Å². The van der Waals surface area contributed by atoms with Crippen LogP contribution in [-0.2, 0) is 5.41 Å². The second-order valence-electron chi connectivity index (χ2n) is 16.9. The van der Waals surface area contributed by atoms with Crippen molar-refractivity contribution in [2.75, 3.05) is 4.90 Å². The first-order chi connectivity index (χ1) is 30.0. The van der Waals surface area contributed by atoms with E-state index < -0.39 is 0 Å². The Morgan fingerprint density at radius 2 is 0.852 bits per heavy atom. The summed E-state index contributed by atoms with van der Waals surface area (Å²) in [5.41, 5.74) is 17.6. The molecule has 1 aliphatic rings. The van der Waals surface area contributed by atoms with Crippen LogP contribution < -0.4 is 4.90 Å². The maximum absolute atomic E-state index is 6.29. The Morgan fingerprint density at radius 1 is 0.344 bits per heavy atom. The van der Waals surface area contributed by atoms with Crippen LogP contribution in [0.2, 0.25) is 0 Å². The Kier molecular flexibility index (Phi) is 7.92. The summed E-state index contributed by atoms with van der Waals surface area (Å²) in [4.78, 5) is 2.41. The average Bonchev–Trinajstić information content (AvgIpc) is 3.81. The summed E-state index contributed by atoms with van der Waals surface area (Å²) < 4.78 is 6.29. The average molecular weight is 780 g/mol. The van der Waals surface area contributed by atoms with Crippen molar-refractivity contribution in [1.29, 1.82) is 0 Å². The third-order valence-corrected chi connectivity index (χ3v) is 13.1. The van der Waals surface area contributed by atoms with Gasteiger partial charge >= 0.3 is 0 Å². The fraction of sp³-hybridized carbons (Fsp3) is 0.0508. The van der Waals surface area contributed by atoms with Crippen molar-refractivity contribution in [3.05, 3.63) is 223 Å². The number of hydrogen-bond donors (Lipinski definition) is 0. The SMILES string of the molecule is CC1(C)c2cc(-c3ccccc3)ccc2-c2ccc(N(c3ccc(-c4ccc(-c5ccc6oc7ccc8ccccc8c7c6c5)cc4)cc3)c3ccc4ccccc4c3)cc21. The minimum atomic E-state index is -0.164. The fourth-order valence-corrected chi connectivity index (χ4v) is 9.82. The highest BCUT2D eigenvalue weighted by atomic mass is 16.3. The second-order valence-corrected chi connectivity index (χ2v) is 16.9. The Bertz CT molecular complexity index is 3480. The van der Waals surface area contributed by atoms with Crippen LogP contribution in [0.5, 0.6) is 0 Å². The minimum absolute atomic E-state index is 0.164. The van der Waals surface area contributed by atoms with Gasteiger partial charge in [-0.15, -0.1) is 0 Å². The quantitative estimate of drug-likeness (QED) is 0.167. The van der Waals surface area contributed by atoms with E-state index in [1.807, 2.05) is 0 Å². The van der Waals surface area contributed by atoms with Crippen molar-refractivity contribution in [2.45, 2.75) is 19.3 Å². The molecule has 0 atom stereocenters. The van der Waals surface area contributed by atoms with E-state index in [4.69, 9.17) is 4.42 Å². The molecule has 0 aliphatic heterocycles. The Morgan fingerprint density at radius 3 is 1.64 bits per heavy atom. The number of furan rings is 1. The number of benzene rings is 10. The first kappa shape index (κ1) is 35.3. The molecule has 2 nitrogen and oxygen atoms in total. The first-order valence-corrected chi connectivity index (χ1v) is 21.2. The molecule has 0 radical (unpaired) electrons. The number of rotatable bonds is 6. The molecule has 0 saturated carbocycles. The second kappa shape index (κ2) is 13.7. The standard InChI is InChI=1S/C59H41NO/c1-59(2)54-36-46(38-10-4-3-5-11-38)23-30-51(54)52-31-29-49(37-55(52)59)60(48-28-22-39-12-6-7-14-44(39)34-48)47-26-20-41(21-27-47)40-16-18-42(19-17-40)45-25-32-56-53(35-45)58-50-15-9-8-13-43(50)24-33-57(58)61-56/h3-37H,1-2H3.